The van der Waals surface area contributed by atoms with Crippen LogP contribution in [0.4, 0.5) is 0 Å². The molecule has 0 heterocycles. The van der Waals surface area contributed by atoms with Gasteiger partial charge in [-0.05, 0) is 55.7 Å². The van der Waals surface area contributed by atoms with Crippen LogP contribution in [0.2, 0.25) is 0 Å². The fraction of sp³-hybridized carbons (Fsp3) is 0.458. The molecule has 0 saturated carbocycles. The molecule has 0 aliphatic carbocycles. The van der Waals surface area contributed by atoms with E-state index in [0.29, 0.717) is 19.7 Å². The van der Waals surface area contributed by atoms with Crippen molar-refractivity contribution in [2.45, 2.75) is 33.4 Å². The molecule has 7 heteroatoms. The maximum Gasteiger partial charge on any atom is 0.191 e. The fourth-order valence-electron chi connectivity index (χ4n) is 2.89. The van der Waals surface area contributed by atoms with Crippen LogP contribution in [-0.4, -0.2) is 46.5 Å². The van der Waals surface area contributed by atoms with Crippen LogP contribution in [0.15, 0.2) is 47.5 Å². The summed E-state index contributed by atoms with van der Waals surface area (Å²) in [6.07, 6.45) is 0.911. The summed E-state index contributed by atoms with van der Waals surface area (Å²) in [5.74, 6) is 3.05. The highest BCUT2D eigenvalue weighted by Crippen LogP contribution is 2.28. The summed E-state index contributed by atoms with van der Waals surface area (Å²) in [7, 11) is 3.31. The molecular formula is C24H35N3O4. The third kappa shape index (κ3) is 8.76. The molecule has 7 nitrogen and oxygen atoms in total. The number of aliphatic imine (C=N–C) groups is 1. The highest BCUT2D eigenvalue weighted by Gasteiger charge is 2.06. The van der Waals surface area contributed by atoms with E-state index in [4.69, 9.17) is 23.9 Å². The van der Waals surface area contributed by atoms with Crippen molar-refractivity contribution in [3.63, 3.8) is 0 Å². The number of benzene rings is 2. The number of ether oxygens (including phenoxy) is 4. The second-order valence-corrected chi connectivity index (χ2v) is 6.76. The molecule has 0 unspecified atom stereocenters. The summed E-state index contributed by atoms with van der Waals surface area (Å²) in [6, 6.07) is 13.9. The molecule has 2 aromatic rings. The van der Waals surface area contributed by atoms with Gasteiger partial charge in [0.2, 0.25) is 0 Å². The summed E-state index contributed by atoms with van der Waals surface area (Å²) < 4.78 is 21.7. The van der Waals surface area contributed by atoms with E-state index in [2.05, 4.69) is 10.6 Å². The lowest BCUT2D eigenvalue weighted by Gasteiger charge is -2.14. The minimum Gasteiger partial charge on any atom is -0.497 e. The predicted molar refractivity (Wildman–Crippen MR) is 124 cm³/mol. The Morgan fingerprint density at radius 2 is 1.65 bits per heavy atom. The van der Waals surface area contributed by atoms with Crippen molar-refractivity contribution in [2.24, 2.45) is 4.99 Å². The molecule has 0 bridgehead atoms. The molecule has 2 N–H and O–H groups in total. The van der Waals surface area contributed by atoms with Crippen molar-refractivity contribution in [1.29, 1.82) is 0 Å². The van der Waals surface area contributed by atoms with Gasteiger partial charge in [0.25, 0.3) is 0 Å². The number of nitrogens with one attached hydrogen (secondary N) is 2. The number of rotatable bonds is 13. The largest absolute Gasteiger partial charge is 0.497 e. The second kappa shape index (κ2) is 14.1. The summed E-state index contributed by atoms with van der Waals surface area (Å²) in [5.41, 5.74) is 2.19. The lowest BCUT2D eigenvalue weighted by Crippen LogP contribution is -2.37. The van der Waals surface area contributed by atoms with E-state index in [1.165, 1.54) is 0 Å². The zero-order chi connectivity index (χ0) is 22.3. The van der Waals surface area contributed by atoms with Gasteiger partial charge in [-0.3, -0.25) is 0 Å². The third-order valence-corrected chi connectivity index (χ3v) is 4.53. The van der Waals surface area contributed by atoms with E-state index in [1.54, 1.807) is 14.2 Å². The Labute approximate surface area is 185 Å². The van der Waals surface area contributed by atoms with E-state index in [0.717, 1.165) is 60.5 Å². The minimum atomic E-state index is 0.521. The molecular weight excluding hydrogens is 394 g/mol. The number of hydrogen-bond acceptors (Lipinski definition) is 5. The molecule has 0 atom stereocenters. The summed E-state index contributed by atoms with van der Waals surface area (Å²) >= 11 is 0. The van der Waals surface area contributed by atoms with Crippen LogP contribution in [0.5, 0.6) is 17.2 Å². The van der Waals surface area contributed by atoms with Gasteiger partial charge >= 0.3 is 0 Å². The topological polar surface area (TPSA) is 73.3 Å². The Bertz CT molecular complexity index is 794. The SMILES string of the molecule is CCOCCCNC(=NCc1ccc(OC)c(OCC)c1)NCc1ccc(OC)cc1. The molecule has 2 aromatic carbocycles. The van der Waals surface area contributed by atoms with Crippen molar-refractivity contribution in [3.05, 3.63) is 53.6 Å². The van der Waals surface area contributed by atoms with E-state index in [-0.39, 0.29) is 0 Å². The Kier molecular flexibility index (Phi) is 11.1. The maximum atomic E-state index is 5.67. The van der Waals surface area contributed by atoms with E-state index in [9.17, 15) is 0 Å². The van der Waals surface area contributed by atoms with E-state index in [1.807, 2.05) is 56.3 Å². The van der Waals surface area contributed by atoms with Gasteiger partial charge in [-0.15, -0.1) is 0 Å². The van der Waals surface area contributed by atoms with Crippen LogP contribution in [0.25, 0.3) is 0 Å². The summed E-state index contributed by atoms with van der Waals surface area (Å²) in [6.45, 7) is 7.96. The Morgan fingerprint density at radius 1 is 0.871 bits per heavy atom. The van der Waals surface area contributed by atoms with Gasteiger partial charge in [-0.2, -0.15) is 0 Å². The molecule has 0 amide bonds. The molecule has 0 spiro atoms. The van der Waals surface area contributed by atoms with Gasteiger partial charge in [0.05, 0.1) is 27.4 Å². The Hall–Kier alpha value is -2.93. The van der Waals surface area contributed by atoms with E-state index < -0.39 is 0 Å². The first-order valence-electron chi connectivity index (χ1n) is 10.7. The molecule has 0 aromatic heterocycles. The number of guanidine groups is 1. The highest BCUT2D eigenvalue weighted by atomic mass is 16.5. The summed E-state index contributed by atoms with van der Waals surface area (Å²) in [5, 5.41) is 6.78. The maximum absolute atomic E-state index is 5.67. The molecule has 0 fully saturated rings. The molecule has 170 valence electrons. The van der Waals surface area contributed by atoms with Crippen LogP contribution in [0.3, 0.4) is 0 Å². The molecule has 31 heavy (non-hydrogen) atoms. The summed E-state index contributed by atoms with van der Waals surface area (Å²) in [4.78, 5) is 4.75. The molecule has 0 aliphatic rings. The van der Waals surface area contributed by atoms with Crippen molar-refractivity contribution in [2.75, 3.05) is 40.6 Å². The minimum absolute atomic E-state index is 0.521. The smallest absolute Gasteiger partial charge is 0.191 e. The number of nitrogens with zero attached hydrogens (tertiary/aromatic N) is 1. The van der Waals surface area contributed by atoms with Gasteiger partial charge in [0.15, 0.2) is 17.5 Å². The predicted octanol–water partition coefficient (Wildman–Crippen LogP) is 3.76. The van der Waals surface area contributed by atoms with Crippen LogP contribution < -0.4 is 24.8 Å². The molecule has 0 radical (unpaired) electrons. The Balaban J connectivity index is 2.03. The standard InChI is InChI=1S/C24H35N3O4/c1-5-30-15-7-14-25-24(26-17-19-8-11-21(28-3)12-9-19)27-18-20-10-13-22(29-4)23(16-20)31-6-2/h8-13,16H,5-7,14-15,17-18H2,1-4H3,(H2,25,26,27). The molecule has 2 rings (SSSR count). The van der Waals surface area contributed by atoms with Crippen molar-refractivity contribution in [1.82, 2.24) is 10.6 Å². The number of hydrogen-bond donors (Lipinski definition) is 2. The lowest BCUT2D eigenvalue weighted by atomic mass is 10.2. The molecule has 0 aliphatic heterocycles. The van der Waals surface area contributed by atoms with Crippen LogP contribution in [-0.2, 0) is 17.8 Å². The average molecular weight is 430 g/mol. The van der Waals surface area contributed by atoms with E-state index >= 15 is 0 Å². The first-order chi connectivity index (χ1) is 15.2. The van der Waals surface area contributed by atoms with Crippen molar-refractivity contribution in [3.8, 4) is 17.2 Å². The Morgan fingerprint density at radius 3 is 2.32 bits per heavy atom. The van der Waals surface area contributed by atoms with Gasteiger partial charge in [-0.25, -0.2) is 4.99 Å². The quantitative estimate of drug-likeness (QED) is 0.287. The van der Waals surface area contributed by atoms with Gasteiger partial charge in [0, 0.05) is 26.3 Å². The van der Waals surface area contributed by atoms with Crippen LogP contribution in [0.1, 0.15) is 31.4 Å². The van der Waals surface area contributed by atoms with Crippen molar-refractivity contribution < 1.29 is 18.9 Å². The normalized spacial score (nSPS) is 11.2. The fourth-order valence-corrected chi connectivity index (χ4v) is 2.89. The highest BCUT2D eigenvalue weighted by molar-refractivity contribution is 5.79. The third-order valence-electron chi connectivity index (χ3n) is 4.53. The van der Waals surface area contributed by atoms with Crippen molar-refractivity contribution >= 4 is 5.96 Å². The van der Waals surface area contributed by atoms with Crippen LogP contribution in [0, 0.1) is 0 Å². The first kappa shape index (κ1) is 24.3. The average Bonchev–Trinajstić information content (AvgIpc) is 2.81. The van der Waals surface area contributed by atoms with Gasteiger partial charge in [0.1, 0.15) is 5.75 Å². The van der Waals surface area contributed by atoms with Crippen LogP contribution >= 0.6 is 0 Å². The second-order valence-electron chi connectivity index (χ2n) is 6.76. The lowest BCUT2D eigenvalue weighted by molar-refractivity contribution is 0.145. The number of methoxy groups -OCH3 is 2. The zero-order valence-electron chi connectivity index (χ0n) is 19.1. The van der Waals surface area contributed by atoms with Gasteiger partial charge in [-0.1, -0.05) is 18.2 Å². The first-order valence-corrected chi connectivity index (χ1v) is 10.7. The monoisotopic (exact) mass is 429 g/mol. The zero-order valence-corrected chi connectivity index (χ0v) is 19.1. The molecule has 0 saturated heterocycles. The van der Waals surface area contributed by atoms with Gasteiger partial charge < -0.3 is 29.6 Å².